The van der Waals surface area contributed by atoms with Gasteiger partial charge in [-0.15, -0.1) is 0 Å². The van der Waals surface area contributed by atoms with E-state index in [4.69, 9.17) is 4.74 Å². The Labute approximate surface area is 241 Å². The van der Waals surface area contributed by atoms with E-state index in [1.54, 1.807) is 12.1 Å². The van der Waals surface area contributed by atoms with Gasteiger partial charge in [-0.05, 0) is 59.7 Å². The van der Waals surface area contributed by atoms with Crippen molar-refractivity contribution < 1.29 is 24.0 Å². The number of non-ortho nitro benzene ring substituents is 1. The van der Waals surface area contributed by atoms with Gasteiger partial charge in [0.05, 0.1) is 22.8 Å². The van der Waals surface area contributed by atoms with Gasteiger partial charge in [0.15, 0.2) is 5.17 Å². The van der Waals surface area contributed by atoms with Crippen LogP contribution in [0, 0.1) is 17.0 Å². The van der Waals surface area contributed by atoms with E-state index in [9.17, 15) is 24.5 Å². The van der Waals surface area contributed by atoms with Gasteiger partial charge in [-0.3, -0.25) is 24.6 Å². The topological polar surface area (TPSA) is 131 Å². The molecule has 0 aromatic heterocycles. The van der Waals surface area contributed by atoms with E-state index < -0.39 is 16.9 Å². The van der Waals surface area contributed by atoms with E-state index in [-0.39, 0.29) is 35.4 Å². The molecule has 1 N–H and O–H groups in total. The average molecular weight is 575 g/mol. The van der Waals surface area contributed by atoms with Gasteiger partial charge in [-0.25, -0.2) is 4.79 Å². The highest BCUT2D eigenvalue weighted by Crippen LogP contribution is 2.34. The summed E-state index contributed by atoms with van der Waals surface area (Å²) in [6.45, 7) is 6.43. The summed E-state index contributed by atoms with van der Waals surface area (Å²) in [5.41, 5.74) is 4.42. The molecular formula is C30H30N4O6S. The quantitative estimate of drug-likeness (QED) is 0.153. The largest absolute Gasteiger partial charge is 0.426 e. The first-order valence-electron chi connectivity index (χ1n) is 13.1. The fraction of sp³-hybridized carbons (Fsp3) is 0.267. The number of anilines is 1. The number of benzene rings is 3. The molecule has 3 amide bonds. The number of hydrogen-bond acceptors (Lipinski definition) is 7. The van der Waals surface area contributed by atoms with Crippen LogP contribution in [0.5, 0.6) is 5.75 Å². The monoisotopic (exact) mass is 574 g/mol. The number of amidine groups is 1. The number of carbonyl (C=O) groups excluding carboxylic acids is 3. The molecule has 0 atom stereocenters. The van der Waals surface area contributed by atoms with E-state index in [1.165, 1.54) is 40.9 Å². The van der Waals surface area contributed by atoms with Gasteiger partial charge in [0.25, 0.3) is 5.69 Å². The number of hydrogen-bond donors (Lipinski definition) is 1. The molecule has 10 nitrogen and oxygen atoms in total. The maximum atomic E-state index is 12.7. The van der Waals surface area contributed by atoms with Crippen molar-refractivity contribution in [2.75, 3.05) is 17.2 Å². The minimum absolute atomic E-state index is 0.0395. The van der Waals surface area contributed by atoms with Crippen LogP contribution in [0.15, 0.2) is 71.7 Å². The number of nitrogens with zero attached hydrogens (tertiary/aromatic N) is 3. The number of thioether (sulfide) groups is 1. The van der Waals surface area contributed by atoms with Crippen LogP contribution in [-0.2, 0) is 22.4 Å². The molecule has 41 heavy (non-hydrogen) atoms. The van der Waals surface area contributed by atoms with E-state index >= 15 is 0 Å². The Bertz CT molecular complexity index is 1490. The molecule has 0 spiro atoms. The Morgan fingerprint density at radius 3 is 2.41 bits per heavy atom. The van der Waals surface area contributed by atoms with Crippen LogP contribution in [-0.4, -0.2) is 40.3 Å². The Morgan fingerprint density at radius 2 is 1.76 bits per heavy atom. The van der Waals surface area contributed by atoms with Crippen molar-refractivity contribution in [1.29, 1.82) is 0 Å². The van der Waals surface area contributed by atoms with Crippen molar-refractivity contribution in [2.24, 2.45) is 4.99 Å². The first-order chi connectivity index (χ1) is 19.6. The zero-order valence-electron chi connectivity index (χ0n) is 23.0. The zero-order valence-corrected chi connectivity index (χ0v) is 23.8. The van der Waals surface area contributed by atoms with E-state index in [0.29, 0.717) is 18.1 Å². The van der Waals surface area contributed by atoms with Crippen LogP contribution >= 0.6 is 11.8 Å². The van der Waals surface area contributed by atoms with Crippen molar-refractivity contribution in [2.45, 2.75) is 39.5 Å². The second kappa shape index (κ2) is 13.2. The molecule has 3 aromatic carbocycles. The predicted molar refractivity (Wildman–Crippen MR) is 159 cm³/mol. The number of aryl methyl sites for hydroxylation is 1. The minimum Gasteiger partial charge on any atom is -0.426 e. The van der Waals surface area contributed by atoms with Gasteiger partial charge in [0.1, 0.15) is 5.75 Å². The maximum absolute atomic E-state index is 12.7. The van der Waals surface area contributed by atoms with Gasteiger partial charge in [0, 0.05) is 18.7 Å². The third-order valence-electron chi connectivity index (χ3n) is 6.35. The van der Waals surface area contributed by atoms with Crippen molar-refractivity contribution >= 4 is 46.2 Å². The molecule has 0 bridgehead atoms. The smallest absolute Gasteiger partial charge is 0.343 e. The highest BCUT2D eigenvalue weighted by molar-refractivity contribution is 8.15. The van der Waals surface area contributed by atoms with Gasteiger partial charge < -0.3 is 10.1 Å². The van der Waals surface area contributed by atoms with Crippen molar-refractivity contribution in [1.82, 2.24) is 5.32 Å². The molecule has 1 aliphatic heterocycles. The Balaban J connectivity index is 1.29. The number of ether oxygens (including phenoxy) is 1. The second-order valence-corrected chi connectivity index (χ2v) is 10.8. The predicted octanol–water partition coefficient (Wildman–Crippen LogP) is 5.56. The number of nitro groups is 1. The molecule has 0 radical (unpaired) electrons. The molecule has 1 aliphatic rings. The van der Waals surface area contributed by atoms with E-state index in [0.717, 1.165) is 27.9 Å². The first-order valence-corrected chi connectivity index (χ1v) is 14.0. The summed E-state index contributed by atoms with van der Waals surface area (Å²) in [6.07, 6.45) is 0.590. The number of nitrogens with one attached hydrogen (secondary N) is 1. The lowest BCUT2D eigenvalue weighted by atomic mass is 9.99. The van der Waals surface area contributed by atoms with E-state index in [2.05, 4.69) is 24.2 Å². The molecule has 0 saturated carbocycles. The summed E-state index contributed by atoms with van der Waals surface area (Å²) < 4.78 is 5.25. The van der Waals surface area contributed by atoms with Crippen LogP contribution in [0.3, 0.4) is 0 Å². The van der Waals surface area contributed by atoms with Gasteiger partial charge in [-0.2, -0.15) is 4.99 Å². The normalized spacial score (nSPS) is 14.0. The van der Waals surface area contributed by atoms with Gasteiger partial charge in [-0.1, -0.05) is 62.0 Å². The number of aliphatic imine (C=N–C) groups is 1. The first kappa shape index (κ1) is 29.5. The Morgan fingerprint density at radius 1 is 1.07 bits per heavy atom. The Kier molecular flexibility index (Phi) is 9.51. The third-order valence-corrected chi connectivity index (χ3v) is 7.28. The molecule has 0 unspecified atom stereocenters. The van der Waals surface area contributed by atoms with Crippen molar-refractivity contribution in [3.63, 3.8) is 0 Å². The van der Waals surface area contributed by atoms with Gasteiger partial charge in [0.2, 0.25) is 5.91 Å². The van der Waals surface area contributed by atoms with Crippen molar-refractivity contribution in [3.8, 4) is 5.75 Å². The maximum Gasteiger partial charge on any atom is 0.343 e. The Hall–Kier alpha value is -4.51. The molecular weight excluding hydrogens is 544 g/mol. The van der Waals surface area contributed by atoms with Crippen LogP contribution in [0.2, 0.25) is 0 Å². The number of rotatable bonds is 9. The SMILES string of the molecule is Cc1ccc(C(C)C)c(N2C(=O)CSC2=NC(=O)NCCc2ccc(CC(=O)Oc3ccc([N+](=O)[O-])cc3)cc2)c1. The van der Waals surface area contributed by atoms with Gasteiger partial charge >= 0.3 is 12.0 Å². The summed E-state index contributed by atoms with van der Waals surface area (Å²) in [6, 6.07) is 18.1. The van der Waals surface area contributed by atoms with Crippen LogP contribution in [0.1, 0.15) is 42.0 Å². The molecule has 11 heteroatoms. The summed E-state index contributed by atoms with van der Waals surface area (Å²) >= 11 is 1.25. The molecule has 1 fully saturated rings. The second-order valence-electron chi connectivity index (χ2n) is 9.83. The van der Waals surface area contributed by atoms with Crippen LogP contribution < -0.4 is 15.0 Å². The lowest BCUT2D eigenvalue weighted by Crippen LogP contribution is -2.32. The number of nitro benzene ring substituents is 1. The average Bonchev–Trinajstić information content (AvgIpc) is 3.28. The molecule has 1 saturated heterocycles. The number of urea groups is 1. The van der Waals surface area contributed by atoms with Crippen molar-refractivity contribution in [3.05, 3.63) is 99.1 Å². The molecule has 1 heterocycles. The third kappa shape index (κ3) is 7.79. The number of carbonyl (C=O) groups is 3. The molecule has 0 aliphatic carbocycles. The lowest BCUT2D eigenvalue weighted by Gasteiger charge is -2.22. The summed E-state index contributed by atoms with van der Waals surface area (Å²) in [5.74, 6) is 0.0726. The highest BCUT2D eigenvalue weighted by atomic mass is 32.2. The molecule has 212 valence electrons. The zero-order chi connectivity index (χ0) is 29.5. The van der Waals surface area contributed by atoms with Crippen LogP contribution in [0.25, 0.3) is 0 Å². The highest BCUT2D eigenvalue weighted by Gasteiger charge is 2.32. The minimum atomic E-state index is -0.522. The summed E-state index contributed by atoms with van der Waals surface area (Å²) in [4.78, 5) is 53.5. The number of esters is 1. The summed E-state index contributed by atoms with van der Waals surface area (Å²) in [7, 11) is 0. The summed E-state index contributed by atoms with van der Waals surface area (Å²) in [5, 5.41) is 13.9. The molecule has 4 rings (SSSR count). The lowest BCUT2D eigenvalue weighted by molar-refractivity contribution is -0.384. The standard InChI is InChI=1S/C30H30N4O6S/c1-19(2)25-13-4-20(3)16-26(25)33-27(35)18-41-30(33)32-29(37)31-15-14-21-5-7-22(8-6-21)17-28(36)40-24-11-9-23(10-12-24)34(38)39/h4-13,16,19H,14-15,17-18H2,1-3H3,(H,31,37). The number of amides is 3. The fourth-order valence-corrected chi connectivity index (χ4v) is 5.11. The molecule has 3 aromatic rings. The fourth-order valence-electron chi connectivity index (χ4n) is 4.25. The van der Waals surface area contributed by atoms with E-state index in [1.807, 2.05) is 37.3 Å². The van der Waals surface area contributed by atoms with Crippen LogP contribution in [0.4, 0.5) is 16.2 Å².